The topological polar surface area (TPSA) is 177 Å². The molecule has 1 aliphatic heterocycles. The number of carboxylic acids is 1. The minimum atomic E-state index is -1.87. The summed E-state index contributed by atoms with van der Waals surface area (Å²) in [5.41, 5.74) is 0.392. The maximum atomic E-state index is 11.0. The largest absolute Gasteiger partial charge is 0.504 e. The second-order valence-electron chi connectivity index (χ2n) is 5.29. The Morgan fingerprint density at radius 2 is 1.79 bits per heavy atom. The van der Waals surface area contributed by atoms with E-state index >= 15 is 0 Å². The fourth-order valence-corrected chi connectivity index (χ4v) is 2.29. The quantitative estimate of drug-likeness (QED) is 0.292. The van der Waals surface area contributed by atoms with E-state index in [2.05, 4.69) is 0 Å². The molecule has 1 aromatic rings. The van der Waals surface area contributed by atoms with E-state index in [1.165, 1.54) is 12.1 Å². The molecule has 0 radical (unpaired) electrons. The van der Waals surface area contributed by atoms with Gasteiger partial charge in [0.2, 0.25) is 12.0 Å². The molecule has 24 heavy (non-hydrogen) atoms. The molecular formula is C14H18O10. The number of aromatic hydroxyl groups is 2. The molecule has 0 spiro atoms. The number of hydrogen-bond acceptors (Lipinski definition) is 9. The fourth-order valence-electron chi connectivity index (χ4n) is 2.29. The molecule has 5 unspecified atom stereocenters. The van der Waals surface area contributed by atoms with Crippen molar-refractivity contribution in [2.45, 2.75) is 37.1 Å². The van der Waals surface area contributed by atoms with Crippen LogP contribution in [0.15, 0.2) is 12.1 Å². The van der Waals surface area contributed by atoms with Crippen LogP contribution >= 0.6 is 0 Å². The van der Waals surface area contributed by atoms with E-state index < -0.39 is 48.2 Å². The monoisotopic (exact) mass is 346 g/mol. The molecule has 1 fully saturated rings. The molecule has 2 rings (SSSR count). The van der Waals surface area contributed by atoms with Gasteiger partial charge in [-0.3, -0.25) is 0 Å². The summed E-state index contributed by atoms with van der Waals surface area (Å²) < 4.78 is 10.1. The highest BCUT2D eigenvalue weighted by Crippen LogP contribution is 2.38. The van der Waals surface area contributed by atoms with Gasteiger partial charge in [0, 0.05) is 6.61 Å². The van der Waals surface area contributed by atoms with E-state index in [1.54, 1.807) is 0 Å². The van der Waals surface area contributed by atoms with Crippen molar-refractivity contribution < 1.29 is 50.0 Å². The van der Waals surface area contributed by atoms with Crippen molar-refractivity contribution in [3.8, 4) is 17.2 Å². The van der Waals surface area contributed by atoms with Gasteiger partial charge in [0.1, 0.15) is 18.3 Å². The zero-order chi connectivity index (χ0) is 18.0. The molecule has 0 saturated carbocycles. The maximum absolute atomic E-state index is 11.0. The molecule has 10 heteroatoms. The molecule has 0 amide bonds. The molecule has 0 aliphatic carbocycles. The molecule has 7 N–H and O–H groups in total. The van der Waals surface area contributed by atoms with Gasteiger partial charge in [-0.05, 0) is 24.1 Å². The summed E-state index contributed by atoms with van der Waals surface area (Å²) in [5, 5.41) is 66.5. The van der Waals surface area contributed by atoms with Crippen LogP contribution in [0.25, 0.3) is 0 Å². The predicted octanol–water partition coefficient (Wildman–Crippen LogP) is -2.10. The van der Waals surface area contributed by atoms with Crippen molar-refractivity contribution in [3.63, 3.8) is 0 Å². The normalized spacial score (nSPS) is 30.1. The number of rotatable bonds is 5. The van der Waals surface area contributed by atoms with Crippen LogP contribution in [0.3, 0.4) is 0 Å². The minimum Gasteiger partial charge on any atom is -0.504 e. The number of hydrogen-bond donors (Lipinski definition) is 7. The highest BCUT2D eigenvalue weighted by atomic mass is 16.7. The second kappa shape index (κ2) is 7.20. The molecule has 134 valence electrons. The number of carbonyl (C=O) groups is 1. The lowest BCUT2D eigenvalue weighted by molar-refractivity contribution is -0.271. The maximum Gasteiger partial charge on any atom is 0.335 e. The van der Waals surface area contributed by atoms with Crippen LogP contribution in [0.2, 0.25) is 0 Å². The van der Waals surface area contributed by atoms with Crippen molar-refractivity contribution in [3.05, 3.63) is 17.7 Å². The molecule has 5 atom stereocenters. The summed E-state index contributed by atoms with van der Waals surface area (Å²) in [6.07, 6.45) is -8.99. The lowest BCUT2D eigenvalue weighted by Crippen LogP contribution is -2.61. The molecule has 0 bridgehead atoms. The number of phenols is 2. The van der Waals surface area contributed by atoms with Crippen molar-refractivity contribution in [2.24, 2.45) is 0 Å². The number of aliphatic hydroxyl groups is 4. The Kier molecular flexibility index (Phi) is 5.47. The van der Waals surface area contributed by atoms with Crippen LogP contribution in [0.5, 0.6) is 17.2 Å². The summed E-state index contributed by atoms with van der Waals surface area (Å²) in [6.45, 7) is -0.238. The molecule has 1 aromatic carbocycles. The Hall–Kier alpha value is -2.11. The zero-order valence-corrected chi connectivity index (χ0v) is 12.3. The first-order chi connectivity index (χ1) is 11.3. The summed E-state index contributed by atoms with van der Waals surface area (Å²) in [4.78, 5) is 11.0. The zero-order valence-electron chi connectivity index (χ0n) is 12.3. The van der Waals surface area contributed by atoms with E-state index in [0.717, 1.165) is 0 Å². The summed E-state index contributed by atoms with van der Waals surface area (Å²) in [6, 6.07) is 2.43. The van der Waals surface area contributed by atoms with Crippen molar-refractivity contribution in [1.82, 2.24) is 0 Å². The van der Waals surface area contributed by atoms with Gasteiger partial charge in [-0.25, -0.2) is 4.79 Å². The van der Waals surface area contributed by atoms with Gasteiger partial charge in [0.05, 0.1) is 0 Å². The first kappa shape index (κ1) is 18.2. The van der Waals surface area contributed by atoms with Gasteiger partial charge in [-0.1, -0.05) is 0 Å². The van der Waals surface area contributed by atoms with Crippen LogP contribution in [0, 0.1) is 0 Å². The molecule has 1 aliphatic rings. The Bertz CT molecular complexity index is 603. The first-order valence-electron chi connectivity index (χ1n) is 7.01. The van der Waals surface area contributed by atoms with E-state index in [1.807, 2.05) is 0 Å². The summed E-state index contributed by atoms with van der Waals surface area (Å²) >= 11 is 0. The Labute approximate surface area is 135 Å². The Morgan fingerprint density at radius 1 is 1.12 bits per heavy atom. The number of aliphatic hydroxyl groups excluding tert-OH is 4. The minimum absolute atomic E-state index is 0.136. The smallest absolute Gasteiger partial charge is 0.335 e. The number of phenolic OH excluding ortho intramolecular Hbond substituents is 2. The summed E-state index contributed by atoms with van der Waals surface area (Å²) in [5.74, 6) is -3.19. The Balaban J connectivity index is 2.27. The van der Waals surface area contributed by atoms with E-state index in [0.29, 0.717) is 5.56 Å². The van der Waals surface area contributed by atoms with Crippen LogP contribution in [0.4, 0.5) is 0 Å². The van der Waals surface area contributed by atoms with Gasteiger partial charge in [-0.2, -0.15) is 0 Å². The molecule has 1 heterocycles. The highest BCUT2D eigenvalue weighted by molar-refractivity contribution is 5.73. The van der Waals surface area contributed by atoms with Gasteiger partial charge < -0.3 is 45.2 Å². The van der Waals surface area contributed by atoms with Gasteiger partial charge >= 0.3 is 5.97 Å². The van der Waals surface area contributed by atoms with Crippen LogP contribution in [-0.2, 0) is 16.0 Å². The molecule has 0 aromatic heterocycles. The SMILES string of the molecule is O=C(O)C1OC(Oc2cc(CCO)cc(O)c2O)C(O)C(O)C1O. The summed E-state index contributed by atoms with van der Waals surface area (Å²) in [7, 11) is 0. The highest BCUT2D eigenvalue weighted by Gasteiger charge is 2.48. The van der Waals surface area contributed by atoms with Crippen molar-refractivity contribution in [2.75, 3.05) is 6.61 Å². The third-order valence-corrected chi connectivity index (χ3v) is 3.57. The fraction of sp³-hybridized carbons (Fsp3) is 0.500. The lowest BCUT2D eigenvalue weighted by atomic mass is 9.99. The molecular weight excluding hydrogens is 328 g/mol. The van der Waals surface area contributed by atoms with Gasteiger partial charge in [0.15, 0.2) is 17.6 Å². The van der Waals surface area contributed by atoms with Crippen LogP contribution in [-0.4, -0.2) is 79.0 Å². The Morgan fingerprint density at radius 3 is 2.38 bits per heavy atom. The lowest BCUT2D eigenvalue weighted by Gasteiger charge is -2.38. The van der Waals surface area contributed by atoms with Gasteiger partial charge in [0.25, 0.3) is 0 Å². The van der Waals surface area contributed by atoms with Gasteiger partial charge in [-0.15, -0.1) is 0 Å². The third-order valence-electron chi connectivity index (χ3n) is 3.57. The number of carboxylic acid groups (broad SMARTS) is 1. The molecule has 1 saturated heterocycles. The third kappa shape index (κ3) is 3.52. The van der Waals surface area contributed by atoms with Crippen LogP contribution < -0.4 is 4.74 Å². The van der Waals surface area contributed by atoms with Crippen molar-refractivity contribution in [1.29, 1.82) is 0 Å². The van der Waals surface area contributed by atoms with Crippen molar-refractivity contribution >= 4 is 5.97 Å². The molecule has 10 nitrogen and oxygen atoms in total. The second-order valence-corrected chi connectivity index (χ2v) is 5.29. The average Bonchev–Trinajstić information content (AvgIpc) is 2.52. The number of aliphatic carboxylic acids is 1. The number of benzene rings is 1. The van der Waals surface area contributed by atoms with E-state index in [9.17, 15) is 30.3 Å². The first-order valence-corrected chi connectivity index (χ1v) is 7.01. The van der Waals surface area contributed by atoms with Crippen LogP contribution in [0.1, 0.15) is 5.56 Å². The predicted molar refractivity (Wildman–Crippen MR) is 75.5 cm³/mol. The van der Waals surface area contributed by atoms with E-state index in [-0.39, 0.29) is 18.8 Å². The standard InChI is InChI=1S/C14H18O10/c15-2-1-5-3-6(16)8(17)7(4-5)23-14-11(20)9(18)10(19)12(24-14)13(21)22/h3-4,9-12,14-20H,1-2H2,(H,21,22). The van der Waals surface area contributed by atoms with E-state index in [4.69, 9.17) is 19.7 Å². The average molecular weight is 346 g/mol. The number of ether oxygens (including phenoxy) is 2.